The van der Waals surface area contributed by atoms with E-state index in [-0.39, 0.29) is 23.8 Å². The minimum absolute atomic E-state index is 0.120. The van der Waals surface area contributed by atoms with Gasteiger partial charge in [0.25, 0.3) is 0 Å². The zero-order valence-corrected chi connectivity index (χ0v) is 14.3. The fraction of sp³-hybridized carbons (Fsp3) is 0.895. The molecule has 1 heterocycles. The third-order valence-electron chi connectivity index (χ3n) is 7.10. The first-order valence-corrected chi connectivity index (χ1v) is 9.71. The number of carbonyl (C=O) groups is 2. The molecule has 2 bridgehead atoms. The van der Waals surface area contributed by atoms with E-state index in [9.17, 15) is 9.59 Å². The number of hydrogen-bond acceptors (Lipinski definition) is 2. The van der Waals surface area contributed by atoms with Gasteiger partial charge in [0.1, 0.15) is 0 Å². The van der Waals surface area contributed by atoms with Crippen molar-refractivity contribution in [3.63, 3.8) is 0 Å². The molecule has 1 aliphatic heterocycles. The predicted molar refractivity (Wildman–Crippen MR) is 88.6 cm³/mol. The number of fused-ring (bicyclic) bond motifs is 2. The Kier molecular flexibility index (Phi) is 4.10. The van der Waals surface area contributed by atoms with Gasteiger partial charge in [-0.3, -0.25) is 9.59 Å². The Balaban J connectivity index is 1.31. The van der Waals surface area contributed by atoms with Gasteiger partial charge in [0.2, 0.25) is 11.8 Å². The van der Waals surface area contributed by atoms with E-state index in [1.807, 2.05) is 4.90 Å². The maximum absolute atomic E-state index is 12.6. The summed E-state index contributed by atoms with van der Waals surface area (Å²) in [4.78, 5) is 26.9. The van der Waals surface area contributed by atoms with Crippen molar-refractivity contribution in [2.75, 3.05) is 6.54 Å². The van der Waals surface area contributed by atoms with Gasteiger partial charge in [0.15, 0.2) is 0 Å². The van der Waals surface area contributed by atoms with E-state index in [0.29, 0.717) is 24.9 Å². The van der Waals surface area contributed by atoms with Crippen LogP contribution in [0.2, 0.25) is 0 Å². The van der Waals surface area contributed by atoms with E-state index >= 15 is 0 Å². The second-order valence-electron chi connectivity index (χ2n) is 8.52. The summed E-state index contributed by atoms with van der Waals surface area (Å²) >= 11 is 0. The number of amides is 2. The highest BCUT2D eigenvalue weighted by molar-refractivity contribution is 5.89. The smallest absolute Gasteiger partial charge is 0.225 e. The topological polar surface area (TPSA) is 49.4 Å². The first-order chi connectivity index (χ1) is 11.1. The van der Waals surface area contributed by atoms with Crippen LogP contribution in [0.1, 0.15) is 64.7 Å². The van der Waals surface area contributed by atoms with Crippen LogP contribution < -0.4 is 5.32 Å². The van der Waals surface area contributed by atoms with Crippen LogP contribution in [0.4, 0.5) is 0 Å². The highest BCUT2D eigenvalue weighted by Crippen LogP contribution is 2.49. The number of likely N-dealkylation sites (tertiary alicyclic amines) is 1. The van der Waals surface area contributed by atoms with Gasteiger partial charge in [-0.15, -0.1) is 0 Å². The Labute approximate surface area is 139 Å². The molecule has 5 atom stereocenters. The maximum atomic E-state index is 12.6. The molecule has 3 saturated carbocycles. The van der Waals surface area contributed by atoms with Crippen LogP contribution in [0.15, 0.2) is 0 Å². The predicted octanol–water partition coefficient (Wildman–Crippen LogP) is 2.72. The minimum Gasteiger partial charge on any atom is -0.353 e. The first-order valence-electron chi connectivity index (χ1n) is 9.71. The van der Waals surface area contributed by atoms with Crippen LogP contribution in [-0.2, 0) is 9.59 Å². The quantitative estimate of drug-likeness (QED) is 0.866. The van der Waals surface area contributed by atoms with Gasteiger partial charge in [-0.1, -0.05) is 19.3 Å². The Hall–Kier alpha value is -1.06. The Morgan fingerprint density at radius 3 is 2.61 bits per heavy atom. The monoisotopic (exact) mass is 318 g/mol. The van der Waals surface area contributed by atoms with Crippen LogP contribution in [0.5, 0.6) is 0 Å². The summed E-state index contributed by atoms with van der Waals surface area (Å²) in [5.41, 5.74) is 0. The summed E-state index contributed by atoms with van der Waals surface area (Å²) in [6.07, 6.45) is 10.6. The summed E-state index contributed by atoms with van der Waals surface area (Å²) < 4.78 is 0. The molecule has 4 nitrogen and oxygen atoms in total. The van der Waals surface area contributed by atoms with E-state index < -0.39 is 0 Å². The summed E-state index contributed by atoms with van der Waals surface area (Å²) in [6, 6.07) is 0.678. The molecule has 4 aliphatic rings. The average molecular weight is 318 g/mol. The Morgan fingerprint density at radius 2 is 1.96 bits per heavy atom. The summed E-state index contributed by atoms with van der Waals surface area (Å²) in [5, 5.41) is 3.26. The molecule has 0 spiro atoms. The Morgan fingerprint density at radius 1 is 1.17 bits per heavy atom. The first kappa shape index (κ1) is 15.5. The number of rotatable bonds is 4. The van der Waals surface area contributed by atoms with Crippen molar-refractivity contribution in [2.24, 2.45) is 23.7 Å². The lowest BCUT2D eigenvalue weighted by molar-refractivity contribution is -0.130. The van der Waals surface area contributed by atoms with Gasteiger partial charge in [-0.2, -0.15) is 0 Å². The number of carbonyl (C=O) groups excluding carboxylic acids is 2. The van der Waals surface area contributed by atoms with Gasteiger partial charge < -0.3 is 10.2 Å². The fourth-order valence-corrected chi connectivity index (χ4v) is 5.83. The number of nitrogens with zero attached hydrogens (tertiary/aromatic N) is 1. The largest absolute Gasteiger partial charge is 0.353 e. The zero-order valence-electron chi connectivity index (χ0n) is 14.3. The molecular formula is C19H30N2O2. The third-order valence-corrected chi connectivity index (χ3v) is 7.10. The molecule has 23 heavy (non-hydrogen) atoms. The molecule has 0 aromatic rings. The van der Waals surface area contributed by atoms with Crippen molar-refractivity contribution in [1.82, 2.24) is 10.2 Å². The summed E-state index contributed by atoms with van der Waals surface area (Å²) in [7, 11) is 0. The zero-order chi connectivity index (χ0) is 16.0. The van der Waals surface area contributed by atoms with Gasteiger partial charge in [0, 0.05) is 25.0 Å². The van der Waals surface area contributed by atoms with Gasteiger partial charge in [0.05, 0.1) is 5.92 Å². The van der Waals surface area contributed by atoms with Crippen LogP contribution in [0.3, 0.4) is 0 Å². The molecule has 1 N–H and O–H groups in total. The minimum atomic E-state index is -0.121. The van der Waals surface area contributed by atoms with Crippen molar-refractivity contribution in [1.29, 1.82) is 0 Å². The third kappa shape index (κ3) is 2.89. The van der Waals surface area contributed by atoms with Crippen LogP contribution in [-0.4, -0.2) is 35.3 Å². The van der Waals surface area contributed by atoms with Gasteiger partial charge in [-0.25, -0.2) is 0 Å². The number of nitrogens with one attached hydrogen (secondary N) is 1. The van der Waals surface area contributed by atoms with E-state index in [4.69, 9.17) is 0 Å². The standard InChI is InChI=1S/C19H30N2O2/c1-12(17-9-13-6-7-14(17)8-13)20-19(23)15-10-18(22)21(11-15)16-4-2-3-5-16/h12-17H,2-11H2,1H3,(H,20,23)/t12-,13-,14-,15-,17+/m0/s1. The molecule has 0 aromatic heterocycles. The van der Waals surface area contributed by atoms with Crippen molar-refractivity contribution < 1.29 is 9.59 Å². The van der Waals surface area contributed by atoms with Crippen molar-refractivity contribution in [2.45, 2.75) is 76.8 Å². The SMILES string of the molecule is C[C@H](NC(=O)[C@H]1CC(=O)N(C2CCCC2)C1)[C@H]1C[C@H]2CC[C@H]1C2. The highest BCUT2D eigenvalue weighted by Gasteiger charge is 2.43. The molecule has 0 aromatic carbocycles. The molecule has 4 fully saturated rings. The van der Waals surface area contributed by atoms with Crippen molar-refractivity contribution in [3.05, 3.63) is 0 Å². The molecule has 4 rings (SSSR count). The second-order valence-corrected chi connectivity index (χ2v) is 8.52. The van der Waals surface area contributed by atoms with Crippen molar-refractivity contribution in [3.8, 4) is 0 Å². The van der Waals surface area contributed by atoms with E-state index in [0.717, 1.165) is 24.7 Å². The molecular weight excluding hydrogens is 288 g/mol. The van der Waals surface area contributed by atoms with Crippen LogP contribution >= 0.6 is 0 Å². The van der Waals surface area contributed by atoms with Crippen LogP contribution in [0.25, 0.3) is 0 Å². The van der Waals surface area contributed by atoms with Crippen molar-refractivity contribution >= 4 is 11.8 Å². The molecule has 2 amide bonds. The fourth-order valence-electron chi connectivity index (χ4n) is 5.83. The molecule has 0 unspecified atom stereocenters. The second kappa shape index (κ2) is 6.10. The van der Waals surface area contributed by atoms with E-state index in [1.54, 1.807) is 0 Å². The van der Waals surface area contributed by atoms with Crippen LogP contribution in [0, 0.1) is 23.7 Å². The summed E-state index contributed by atoms with van der Waals surface area (Å²) in [5.74, 6) is 2.61. The lowest BCUT2D eigenvalue weighted by atomic mass is 9.84. The lowest BCUT2D eigenvalue weighted by Crippen LogP contribution is -2.44. The average Bonchev–Trinajstić information content (AvgIpc) is 3.30. The molecule has 4 heteroatoms. The van der Waals surface area contributed by atoms with Gasteiger partial charge in [-0.05, 0) is 56.8 Å². The van der Waals surface area contributed by atoms with Gasteiger partial charge >= 0.3 is 0 Å². The molecule has 128 valence electrons. The summed E-state index contributed by atoms with van der Waals surface area (Å²) in [6.45, 7) is 2.83. The lowest BCUT2D eigenvalue weighted by Gasteiger charge is -2.29. The van der Waals surface area contributed by atoms with E-state index in [2.05, 4.69) is 12.2 Å². The maximum Gasteiger partial charge on any atom is 0.225 e. The molecule has 0 radical (unpaired) electrons. The highest BCUT2D eigenvalue weighted by atomic mass is 16.2. The molecule has 1 saturated heterocycles. The van der Waals surface area contributed by atoms with E-state index in [1.165, 1.54) is 38.5 Å². The normalized spacial score (nSPS) is 38.5. The Bertz CT molecular complexity index is 486. The number of hydrogen-bond donors (Lipinski definition) is 1. The molecule has 3 aliphatic carbocycles.